The molecule has 1 fully saturated rings. The van der Waals surface area contributed by atoms with Crippen LogP contribution in [0.25, 0.3) is 0 Å². The molecule has 0 aliphatic carbocycles. The molecule has 8 heteroatoms. The first kappa shape index (κ1) is 14.7. The molecule has 0 spiro atoms. The van der Waals surface area contributed by atoms with Gasteiger partial charge in [-0.15, -0.1) is 6.58 Å². The third kappa shape index (κ3) is 2.73. The number of nitrogens with zero attached hydrogens (tertiary/aromatic N) is 2. The Bertz CT molecular complexity index is 532. The molecule has 1 saturated heterocycles. The topological polar surface area (TPSA) is 120 Å². The highest BCUT2D eigenvalue weighted by atomic mass is 16.6. The first-order valence-electron chi connectivity index (χ1n) is 6.10. The van der Waals surface area contributed by atoms with Gasteiger partial charge in [-0.1, -0.05) is 6.08 Å². The van der Waals surface area contributed by atoms with Crippen LogP contribution in [0.15, 0.2) is 29.7 Å². The molecule has 8 nitrogen and oxygen atoms in total. The molecular formula is C12H17N3O5. The van der Waals surface area contributed by atoms with Gasteiger partial charge in [0, 0.05) is 6.20 Å². The lowest BCUT2D eigenvalue weighted by molar-refractivity contribution is -0.0685. The second-order valence-corrected chi connectivity index (χ2v) is 4.37. The fraction of sp³-hybridized carbons (Fsp3) is 0.500. The fourth-order valence-corrected chi connectivity index (χ4v) is 2.07. The largest absolute Gasteiger partial charge is 0.394 e. The molecule has 2 rings (SSSR count). The predicted molar refractivity (Wildman–Crippen MR) is 69.8 cm³/mol. The average Bonchev–Trinajstić information content (AvgIpc) is 2.73. The summed E-state index contributed by atoms with van der Waals surface area (Å²) in [5, 5.41) is 19.2. The average molecular weight is 283 g/mol. The maximum absolute atomic E-state index is 11.8. The molecule has 20 heavy (non-hydrogen) atoms. The number of rotatable bonds is 5. The smallest absolute Gasteiger partial charge is 0.351 e. The molecule has 0 unspecified atom stereocenters. The highest BCUT2D eigenvalue weighted by molar-refractivity contribution is 5.23. The first-order chi connectivity index (χ1) is 9.58. The van der Waals surface area contributed by atoms with E-state index in [2.05, 4.69) is 11.6 Å². The van der Waals surface area contributed by atoms with Crippen LogP contribution in [-0.4, -0.2) is 51.3 Å². The minimum absolute atomic E-state index is 0.0899. The van der Waals surface area contributed by atoms with Gasteiger partial charge in [-0.3, -0.25) is 4.57 Å². The predicted octanol–water partition coefficient (Wildman–Crippen LogP) is -1.35. The Morgan fingerprint density at radius 2 is 2.40 bits per heavy atom. The maximum atomic E-state index is 11.8. The van der Waals surface area contributed by atoms with Gasteiger partial charge in [0.05, 0.1) is 13.2 Å². The molecule has 1 aromatic rings. The van der Waals surface area contributed by atoms with Crippen molar-refractivity contribution in [1.29, 1.82) is 0 Å². The van der Waals surface area contributed by atoms with Gasteiger partial charge in [-0.2, -0.15) is 4.98 Å². The summed E-state index contributed by atoms with van der Waals surface area (Å²) in [6, 6.07) is 1.44. The highest BCUT2D eigenvalue weighted by Crippen LogP contribution is 2.30. The normalized spacial score (nSPS) is 29.5. The standard InChI is InChI=1S/C12H17N3O5/c1-2-5-19-10-9(17)7(6-16)20-11(10)15-4-3-8(13)14-12(15)18/h2-4,7,9-11,16-17H,1,5-6H2,(H2,13,14,18)/t7-,9-,10-,11-/m1/s1. The first-order valence-corrected chi connectivity index (χ1v) is 6.10. The molecule has 1 aliphatic heterocycles. The van der Waals surface area contributed by atoms with Gasteiger partial charge >= 0.3 is 5.69 Å². The zero-order valence-corrected chi connectivity index (χ0v) is 10.8. The summed E-state index contributed by atoms with van der Waals surface area (Å²) < 4.78 is 12.1. The molecule has 2 heterocycles. The van der Waals surface area contributed by atoms with Crippen molar-refractivity contribution in [1.82, 2.24) is 9.55 Å². The quantitative estimate of drug-likeness (QED) is 0.571. The van der Waals surface area contributed by atoms with Gasteiger partial charge in [-0.25, -0.2) is 4.79 Å². The van der Waals surface area contributed by atoms with Crippen molar-refractivity contribution >= 4 is 5.82 Å². The van der Waals surface area contributed by atoms with Crippen molar-refractivity contribution in [3.63, 3.8) is 0 Å². The molecule has 0 amide bonds. The van der Waals surface area contributed by atoms with Crippen molar-refractivity contribution in [3.05, 3.63) is 35.4 Å². The van der Waals surface area contributed by atoms with Crippen LogP contribution in [0.4, 0.5) is 5.82 Å². The number of nitrogen functional groups attached to an aromatic ring is 1. The number of aliphatic hydroxyl groups excluding tert-OH is 2. The van der Waals surface area contributed by atoms with Crippen LogP contribution < -0.4 is 11.4 Å². The van der Waals surface area contributed by atoms with Crippen LogP contribution in [-0.2, 0) is 9.47 Å². The molecule has 110 valence electrons. The van der Waals surface area contributed by atoms with E-state index in [-0.39, 0.29) is 19.0 Å². The van der Waals surface area contributed by atoms with Gasteiger partial charge in [0.1, 0.15) is 24.1 Å². The van der Waals surface area contributed by atoms with E-state index < -0.39 is 30.2 Å². The van der Waals surface area contributed by atoms with Gasteiger partial charge in [0.15, 0.2) is 6.23 Å². The van der Waals surface area contributed by atoms with Gasteiger partial charge < -0.3 is 25.4 Å². The van der Waals surface area contributed by atoms with Gasteiger partial charge in [0.25, 0.3) is 0 Å². The lowest BCUT2D eigenvalue weighted by atomic mass is 10.1. The minimum atomic E-state index is -1.06. The van der Waals surface area contributed by atoms with Crippen molar-refractivity contribution < 1.29 is 19.7 Å². The Morgan fingerprint density at radius 1 is 1.65 bits per heavy atom. The summed E-state index contributed by atoms with van der Waals surface area (Å²) in [5.74, 6) is 0.0899. The second kappa shape index (κ2) is 6.14. The number of anilines is 1. The minimum Gasteiger partial charge on any atom is -0.394 e. The zero-order chi connectivity index (χ0) is 14.7. The fourth-order valence-electron chi connectivity index (χ4n) is 2.07. The monoisotopic (exact) mass is 283 g/mol. The van der Waals surface area contributed by atoms with E-state index in [9.17, 15) is 15.0 Å². The van der Waals surface area contributed by atoms with E-state index in [1.54, 1.807) is 0 Å². The summed E-state index contributed by atoms with van der Waals surface area (Å²) in [7, 11) is 0. The number of aromatic nitrogens is 2. The lowest BCUT2D eigenvalue weighted by Gasteiger charge is -2.21. The Balaban J connectivity index is 2.31. The Kier molecular flexibility index (Phi) is 4.50. The SMILES string of the molecule is C=CCO[C@@H]1[C@H](O)[C@@H](CO)O[C@H]1n1ccc(N)nc1=O. The number of nitrogens with two attached hydrogens (primary N) is 1. The lowest BCUT2D eigenvalue weighted by Crippen LogP contribution is -2.38. The molecule has 0 radical (unpaired) electrons. The summed E-state index contributed by atoms with van der Waals surface area (Å²) in [5.41, 5.74) is 4.81. The molecular weight excluding hydrogens is 266 g/mol. The van der Waals surface area contributed by atoms with Crippen molar-refractivity contribution in [2.24, 2.45) is 0 Å². The van der Waals surface area contributed by atoms with Gasteiger partial charge in [0.2, 0.25) is 0 Å². The highest BCUT2D eigenvalue weighted by Gasteiger charge is 2.45. The Morgan fingerprint density at radius 3 is 3.00 bits per heavy atom. The van der Waals surface area contributed by atoms with E-state index in [0.717, 1.165) is 0 Å². The molecule has 0 aromatic carbocycles. The molecule has 0 saturated carbocycles. The van der Waals surface area contributed by atoms with Crippen molar-refractivity contribution in [2.75, 3.05) is 18.9 Å². The number of hydrogen-bond donors (Lipinski definition) is 3. The van der Waals surface area contributed by atoms with Crippen LogP contribution >= 0.6 is 0 Å². The van der Waals surface area contributed by atoms with Crippen LogP contribution in [0.3, 0.4) is 0 Å². The second-order valence-electron chi connectivity index (χ2n) is 4.37. The Labute approximate surface area is 115 Å². The summed E-state index contributed by atoms with van der Waals surface area (Å²) >= 11 is 0. The molecule has 4 N–H and O–H groups in total. The molecule has 0 bridgehead atoms. The van der Waals surface area contributed by atoms with Crippen LogP contribution in [0.2, 0.25) is 0 Å². The van der Waals surface area contributed by atoms with E-state index in [0.29, 0.717) is 0 Å². The van der Waals surface area contributed by atoms with Crippen LogP contribution in [0.5, 0.6) is 0 Å². The zero-order valence-electron chi connectivity index (χ0n) is 10.8. The number of ether oxygens (including phenoxy) is 2. The summed E-state index contributed by atoms with van der Waals surface area (Å²) in [6.45, 7) is 3.31. The van der Waals surface area contributed by atoms with Crippen LogP contribution in [0.1, 0.15) is 6.23 Å². The molecule has 1 aromatic heterocycles. The summed E-state index contributed by atoms with van der Waals surface area (Å²) in [6.07, 6.45) is -0.670. The van der Waals surface area contributed by atoms with Gasteiger partial charge in [-0.05, 0) is 6.07 Å². The van der Waals surface area contributed by atoms with E-state index >= 15 is 0 Å². The van der Waals surface area contributed by atoms with E-state index in [1.165, 1.54) is 22.9 Å². The third-order valence-electron chi connectivity index (χ3n) is 3.02. The Hall–Kier alpha value is -1.74. The third-order valence-corrected chi connectivity index (χ3v) is 3.02. The summed E-state index contributed by atoms with van der Waals surface area (Å²) in [4.78, 5) is 15.4. The maximum Gasteiger partial charge on any atom is 0.351 e. The van der Waals surface area contributed by atoms with Crippen molar-refractivity contribution in [2.45, 2.75) is 24.5 Å². The van der Waals surface area contributed by atoms with Crippen LogP contribution in [0, 0.1) is 0 Å². The number of aliphatic hydroxyl groups is 2. The molecule has 4 atom stereocenters. The van der Waals surface area contributed by atoms with Crippen molar-refractivity contribution in [3.8, 4) is 0 Å². The number of hydrogen-bond acceptors (Lipinski definition) is 7. The van der Waals surface area contributed by atoms with E-state index in [1.807, 2.05) is 0 Å². The van der Waals surface area contributed by atoms with E-state index in [4.69, 9.17) is 15.2 Å². The molecule has 1 aliphatic rings.